The minimum Gasteiger partial charge on any atom is -0.377 e. The molecule has 0 aliphatic rings. The molecule has 0 aliphatic heterocycles. The summed E-state index contributed by atoms with van der Waals surface area (Å²) in [5, 5.41) is -2.40. The highest BCUT2D eigenvalue weighted by Gasteiger charge is 2.13. The van der Waals surface area contributed by atoms with Crippen molar-refractivity contribution in [3.05, 3.63) is 0 Å². The number of hydrogen-bond acceptors (Lipinski definition) is 15. The van der Waals surface area contributed by atoms with Gasteiger partial charge in [-0.1, -0.05) is 141 Å². The zero-order chi connectivity index (χ0) is 33.4. The molecule has 0 unspecified atom stereocenters. The molecule has 0 radical (unpaired) electrons. The van der Waals surface area contributed by atoms with Crippen LogP contribution in [0.15, 0.2) is 0 Å². The molecule has 0 spiro atoms. The van der Waals surface area contributed by atoms with E-state index in [0.717, 1.165) is 0 Å². The van der Waals surface area contributed by atoms with E-state index in [2.05, 4.69) is 0 Å². The van der Waals surface area contributed by atoms with Gasteiger partial charge in [-0.15, -0.1) is 0 Å². The summed E-state index contributed by atoms with van der Waals surface area (Å²) in [5.74, 6) is 0. The van der Waals surface area contributed by atoms with Crippen LogP contribution in [0.1, 0.15) is 141 Å². The van der Waals surface area contributed by atoms with Gasteiger partial charge in [-0.25, -0.2) is 0 Å². The highest BCUT2D eigenvalue weighted by Crippen LogP contribution is 2.00. The Morgan fingerprint density at radius 2 is 0.406 bits per heavy atom. The summed E-state index contributed by atoms with van der Waals surface area (Å²) < 4.78 is 59.4. The predicted octanol–water partition coefficient (Wildman–Crippen LogP) is 13.1. The van der Waals surface area contributed by atoms with Crippen LogP contribution in [0.4, 0.5) is 0 Å². The molecule has 0 N–H and O–H groups in total. The van der Waals surface area contributed by atoms with Gasteiger partial charge in [-0.2, -0.15) is 0 Å². The fourth-order valence-electron chi connectivity index (χ4n) is 2.88. The van der Waals surface area contributed by atoms with E-state index in [-0.39, 0.29) is 273 Å². The van der Waals surface area contributed by atoms with E-state index in [9.17, 15) is 19.2 Å². The second-order valence-corrected chi connectivity index (χ2v) is 10.2. The van der Waals surface area contributed by atoms with Gasteiger partial charge in [0.25, 0.3) is 0 Å². The van der Waals surface area contributed by atoms with Crippen LogP contribution in [0.3, 0.4) is 0 Å². The van der Waals surface area contributed by atoms with Gasteiger partial charge in [0, 0.05) is 0 Å². The van der Waals surface area contributed by atoms with Gasteiger partial charge in [0.1, 0.15) is 38.6 Å². The van der Waals surface area contributed by atoms with E-state index in [1.54, 1.807) is 0 Å². The van der Waals surface area contributed by atoms with E-state index in [4.69, 9.17) is 98.5 Å². The van der Waals surface area contributed by atoms with Gasteiger partial charge >= 0.3 is 0 Å². The quantitative estimate of drug-likeness (QED) is 0.0429. The molecule has 0 fully saturated rings. The molecule has 0 saturated heterocycles. The number of halogens is 4. The van der Waals surface area contributed by atoms with Crippen molar-refractivity contribution in [2.75, 3.05) is 132 Å². The Bertz CT molecular complexity index is 666. The van der Waals surface area contributed by atoms with E-state index < -0.39 is 33.2 Å². The lowest BCUT2D eigenvalue weighted by atomic mass is 10.4. The van der Waals surface area contributed by atoms with Crippen LogP contribution in [0.5, 0.6) is 0 Å². The first-order valence-corrected chi connectivity index (χ1v) is 15.4. The van der Waals surface area contributed by atoms with Crippen molar-refractivity contribution in [3.8, 4) is 0 Å². The summed E-state index contributed by atoms with van der Waals surface area (Å²) in [6.07, 6.45) is -0.878. The standard InChI is InChI=1S/C26H42Cl4O15.19CH4/c27-23(31)17-40-5-1-36-13-21(14-37-2-6-41-18-24(28)32)44-11-9-35-10-12-45-22(15-38-3-7-42-19-25(29)33)16-39-4-8-43-20-26(30)34;;;;;;;;;;;;;;;;;;;/h21-22H,1-20H2;19*1H4. The molecule has 0 aromatic rings. The molecule has 416 valence electrons. The second-order valence-electron chi connectivity index (χ2n) is 8.53. The van der Waals surface area contributed by atoms with Crippen molar-refractivity contribution in [2.45, 2.75) is 153 Å². The second kappa shape index (κ2) is 100. The largest absolute Gasteiger partial charge is 0.377 e. The third kappa shape index (κ3) is 109. The van der Waals surface area contributed by atoms with Crippen LogP contribution >= 0.6 is 46.4 Å². The molecule has 64 heavy (non-hydrogen) atoms. The molecule has 0 aliphatic carbocycles. The minimum atomic E-state index is -0.600. The molecule has 0 saturated carbocycles. The van der Waals surface area contributed by atoms with Gasteiger partial charge in [-0.3, -0.25) is 19.2 Å². The third-order valence-corrected chi connectivity index (χ3v) is 5.16. The Hall–Kier alpha value is -0.600. The predicted molar refractivity (Wildman–Crippen MR) is 288 cm³/mol. The number of carbonyl (C=O) groups excluding carboxylic acids is 4. The van der Waals surface area contributed by atoms with Crippen molar-refractivity contribution in [2.24, 2.45) is 0 Å². The average Bonchev–Trinajstić information content (AvgIpc) is 2.97. The monoisotopic (exact) mass is 1040 g/mol. The molecule has 19 heteroatoms. The first-order valence-electron chi connectivity index (χ1n) is 13.9. The average molecular weight is 1040 g/mol. The zero-order valence-corrected chi connectivity index (χ0v) is 28.0. The number of carbonyl (C=O) groups is 4. The maximum atomic E-state index is 10.7. The van der Waals surface area contributed by atoms with Gasteiger partial charge in [0.2, 0.25) is 21.0 Å². The first kappa shape index (κ1) is 131. The minimum absolute atomic E-state index is 0. The van der Waals surface area contributed by atoms with Gasteiger partial charge in [0.05, 0.1) is 106 Å². The van der Waals surface area contributed by atoms with Crippen LogP contribution < -0.4 is 0 Å². The number of ether oxygens (including phenoxy) is 11. The van der Waals surface area contributed by atoms with E-state index in [1.165, 1.54) is 0 Å². The van der Waals surface area contributed by atoms with E-state index in [1.807, 2.05) is 0 Å². The molecular formula is C45H118Cl4O15. The van der Waals surface area contributed by atoms with Crippen molar-refractivity contribution in [3.63, 3.8) is 0 Å². The van der Waals surface area contributed by atoms with Gasteiger partial charge in [0.15, 0.2) is 0 Å². The highest BCUT2D eigenvalue weighted by atomic mass is 35.5. The van der Waals surface area contributed by atoms with E-state index in [0.29, 0.717) is 0 Å². The zero-order valence-electron chi connectivity index (χ0n) is 24.9. The Balaban J connectivity index is -0.0000000566. The summed E-state index contributed by atoms with van der Waals surface area (Å²) in [7, 11) is 0. The summed E-state index contributed by atoms with van der Waals surface area (Å²) in [6.45, 7) is 2.47. The van der Waals surface area contributed by atoms with Gasteiger partial charge in [-0.05, 0) is 46.4 Å². The molecule has 0 atom stereocenters. The fourth-order valence-corrected chi connectivity index (χ4v) is 3.19. The lowest BCUT2D eigenvalue weighted by molar-refractivity contribution is -0.118. The Kier molecular flexibility index (Phi) is 206. The maximum Gasteiger partial charge on any atom is 0.247 e. The van der Waals surface area contributed by atoms with Crippen LogP contribution in [0.25, 0.3) is 0 Å². The molecular weight excluding hydrogens is 922 g/mol. The Labute approximate surface area is 422 Å². The van der Waals surface area contributed by atoms with E-state index >= 15 is 0 Å². The first-order chi connectivity index (χ1) is 21.7. The Morgan fingerprint density at radius 3 is 0.578 bits per heavy atom. The lowest BCUT2D eigenvalue weighted by Crippen LogP contribution is -2.30. The summed E-state index contributed by atoms with van der Waals surface area (Å²) in [6, 6.07) is 0. The van der Waals surface area contributed by atoms with Crippen LogP contribution in [0.2, 0.25) is 0 Å². The van der Waals surface area contributed by atoms with Crippen molar-refractivity contribution >= 4 is 67.4 Å². The summed E-state index contributed by atoms with van der Waals surface area (Å²) in [4.78, 5) is 42.8. The highest BCUT2D eigenvalue weighted by molar-refractivity contribution is 6.64. The Morgan fingerprint density at radius 1 is 0.250 bits per heavy atom. The van der Waals surface area contributed by atoms with Crippen LogP contribution in [-0.2, 0) is 71.3 Å². The molecule has 0 amide bonds. The summed E-state index contributed by atoms with van der Waals surface area (Å²) in [5.41, 5.74) is 0. The normalized spacial score (nSPS) is 8.09. The third-order valence-electron chi connectivity index (χ3n) is 4.73. The SMILES string of the molecule is C.C.C.C.C.C.C.C.C.C.C.C.C.C.C.C.C.C.C.O=C(Cl)COCCOCC(COCCOCC(=O)Cl)OCCOCCOC(COCCOCC(=O)Cl)COCCOCC(=O)Cl. The van der Waals surface area contributed by atoms with Crippen molar-refractivity contribution in [1.82, 2.24) is 0 Å². The maximum absolute atomic E-state index is 10.7. The molecule has 0 aromatic carbocycles. The van der Waals surface area contributed by atoms with Crippen molar-refractivity contribution in [1.29, 1.82) is 0 Å². The van der Waals surface area contributed by atoms with Gasteiger partial charge < -0.3 is 52.1 Å². The molecule has 0 bridgehead atoms. The van der Waals surface area contributed by atoms with Crippen LogP contribution in [-0.4, -0.2) is 165 Å². The number of rotatable bonds is 36. The van der Waals surface area contributed by atoms with Crippen LogP contribution in [0, 0.1) is 0 Å². The molecule has 0 aromatic heterocycles. The van der Waals surface area contributed by atoms with Crippen molar-refractivity contribution < 1.29 is 71.3 Å². The fraction of sp³-hybridized carbons (Fsp3) is 0.911. The number of hydrogen-bond donors (Lipinski definition) is 0. The smallest absolute Gasteiger partial charge is 0.247 e. The summed E-state index contributed by atoms with van der Waals surface area (Å²) >= 11 is 20.9. The molecule has 0 heterocycles. The molecule has 0 rings (SSSR count). The lowest BCUT2D eigenvalue weighted by Gasteiger charge is -2.19. The molecule has 15 nitrogen and oxygen atoms in total. The topological polar surface area (TPSA) is 170 Å².